The van der Waals surface area contributed by atoms with Crippen molar-refractivity contribution in [3.8, 4) is 5.75 Å². The lowest BCUT2D eigenvalue weighted by atomic mass is 10.1. The first kappa shape index (κ1) is 32.8. The van der Waals surface area contributed by atoms with Crippen LogP contribution in [0.2, 0.25) is 0 Å². The molecule has 0 aliphatic heterocycles. The molecule has 0 aliphatic rings. The number of carbonyl (C=O) groups excluding carboxylic acids is 1. The Morgan fingerprint density at radius 1 is 1.16 bits per heavy atom. The molecule has 0 fully saturated rings. The predicted molar refractivity (Wildman–Crippen MR) is 167 cm³/mol. The van der Waals surface area contributed by atoms with E-state index in [9.17, 15) is 14.2 Å². The third-order valence-corrected chi connectivity index (χ3v) is 8.01. The second-order valence-corrected chi connectivity index (χ2v) is 12.3. The number of hydrogen-bond acceptors (Lipinski definition) is 10. The van der Waals surface area contributed by atoms with Crippen LogP contribution in [0.3, 0.4) is 0 Å². The fraction of sp³-hybridized carbons (Fsp3) is 0.414. The minimum atomic E-state index is -4.16. The molecule has 0 bridgehead atoms. The van der Waals surface area contributed by atoms with Crippen LogP contribution in [-0.2, 0) is 30.1 Å². The molecule has 2 N–H and O–H groups in total. The molecule has 2 aromatic heterocycles. The number of rotatable bonds is 16. The van der Waals surface area contributed by atoms with Gasteiger partial charge in [-0.2, -0.15) is 10.1 Å². The van der Waals surface area contributed by atoms with Gasteiger partial charge in [0.05, 0.1) is 32.5 Å². The maximum absolute atomic E-state index is 14.1. The standard InChI is InChI=1S/C29H38N7O7P/c1-6-7-15-41-27(38)29(2,3)34-44(39,43-23-14-10-12-21-11-8-9-13-22(21)23)42-17-16-40-20-36-19-30-24-25(36)32-28(33-26(24)37)31-18-35(4)5/h8-14,18-19H,6-7,15-17,20H2,1-5H3,(H,34,39)(H,32,33,37)/b31-18+. The van der Waals surface area contributed by atoms with E-state index in [1.54, 1.807) is 49.5 Å². The van der Waals surface area contributed by atoms with Crippen molar-refractivity contribution >= 4 is 47.9 Å². The number of carbonyl (C=O) groups is 1. The topological polar surface area (TPSA) is 162 Å². The lowest BCUT2D eigenvalue weighted by Gasteiger charge is -2.29. The molecule has 0 radical (unpaired) electrons. The average Bonchev–Trinajstić information content (AvgIpc) is 3.39. The van der Waals surface area contributed by atoms with Gasteiger partial charge in [-0.1, -0.05) is 49.7 Å². The summed E-state index contributed by atoms with van der Waals surface area (Å²) >= 11 is 0. The Balaban J connectivity index is 1.46. The van der Waals surface area contributed by atoms with Crippen molar-refractivity contribution in [3.05, 3.63) is 59.1 Å². The number of aromatic nitrogens is 4. The van der Waals surface area contributed by atoms with E-state index in [1.165, 1.54) is 12.7 Å². The Bertz CT molecular complexity index is 1710. The zero-order valence-corrected chi connectivity index (χ0v) is 26.4. The molecule has 44 heavy (non-hydrogen) atoms. The normalized spacial score (nSPS) is 13.4. The molecule has 2 heterocycles. The van der Waals surface area contributed by atoms with E-state index in [2.05, 4.69) is 25.0 Å². The van der Waals surface area contributed by atoms with Crippen molar-refractivity contribution in [2.75, 3.05) is 33.9 Å². The van der Waals surface area contributed by atoms with Crippen LogP contribution < -0.4 is 15.2 Å². The van der Waals surface area contributed by atoms with Crippen molar-refractivity contribution in [3.63, 3.8) is 0 Å². The number of H-pyrrole nitrogens is 1. The van der Waals surface area contributed by atoms with Gasteiger partial charge in [0.15, 0.2) is 11.2 Å². The number of nitrogens with zero attached hydrogens (tertiary/aromatic N) is 5. The Morgan fingerprint density at radius 3 is 2.70 bits per heavy atom. The zero-order valence-electron chi connectivity index (χ0n) is 25.5. The fourth-order valence-electron chi connectivity index (χ4n) is 4.01. The van der Waals surface area contributed by atoms with Crippen LogP contribution in [0.4, 0.5) is 5.95 Å². The first-order valence-electron chi connectivity index (χ1n) is 14.1. The third-order valence-electron chi connectivity index (χ3n) is 6.22. The fourth-order valence-corrected chi connectivity index (χ4v) is 5.68. The number of hydrogen-bond donors (Lipinski definition) is 2. The molecule has 2 aromatic carbocycles. The first-order valence-corrected chi connectivity index (χ1v) is 15.7. The zero-order chi connectivity index (χ0) is 31.7. The number of unbranched alkanes of at least 4 members (excludes halogenated alkanes) is 1. The minimum absolute atomic E-state index is 0.0134. The Hall–Kier alpha value is -4.10. The molecule has 14 nitrogen and oxygen atoms in total. The molecule has 0 aliphatic carbocycles. The summed E-state index contributed by atoms with van der Waals surface area (Å²) in [4.78, 5) is 42.1. The smallest absolute Gasteiger partial charge is 0.459 e. The van der Waals surface area contributed by atoms with Crippen LogP contribution in [0.15, 0.2) is 58.6 Å². The SMILES string of the molecule is CCCCOC(=O)C(C)(C)NP(=O)(OCCOCn1cnc2c(=O)[nH]c(/N=C/N(C)C)nc21)Oc1cccc2ccccc12. The summed E-state index contributed by atoms with van der Waals surface area (Å²) in [5, 5.41) is 4.38. The van der Waals surface area contributed by atoms with E-state index in [-0.39, 0.29) is 43.7 Å². The van der Waals surface area contributed by atoms with Crippen LogP contribution in [0.5, 0.6) is 5.75 Å². The molecule has 0 spiro atoms. The van der Waals surface area contributed by atoms with Crippen LogP contribution in [0.25, 0.3) is 21.9 Å². The number of imidazole rings is 1. The van der Waals surface area contributed by atoms with E-state index in [1.807, 2.05) is 37.3 Å². The van der Waals surface area contributed by atoms with Crippen LogP contribution in [0, 0.1) is 0 Å². The third kappa shape index (κ3) is 8.50. The predicted octanol–water partition coefficient (Wildman–Crippen LogP) is 4.38. The quantitative estimate of drug-likeness (QED) is 0.0596. The molecular weight excluding hydrogens is 589 g/mol. The number of nitrogens with one attached hydrogen (secondary N) is 2. The molecule has 15 heteroatoms. The van der Waals surface area contributed by atoms with Gasteiger partial charge in [-0.15, -0.1) is 0 Å². The van der Waals surface area contributed by atoms with Gasteiger partial charge in [-0.25, -0.2) is 14.5 Å². The first-order chi connectivity index (χ1) is 21.0. The molecule has 4 aromatic rings. The lowest BCUT2D eigenvalue weighted by Crippen LogP contribution is -2.47. The minimum Gasteiger partial charge on any atom is -0.464 e. The van der Waals surface area contributed by atoms with Crippen molar-refractivity contribution in [1.29, 1.82) is 0 Å². The van der Waals surface area contributed by atoms with E-state index in [0.29, 0.717) is 12.2 Å². The number of ether oxygens (including phenoxy) is 2. The summed E-state index contributed by atoms with van der Waals surface area (Å²) < 4.78 is 38.5. The van der Waals surface area contributed by atoms with Crippen LogP contribution in [0.1, 0.15) is 33.6 Å². The van der Waals surface area contributed by atoms with E-state index in [4.69, 9.17) is 18.5 Å². The van der Waals surface area contributed by atoms with Gasteiger partial charge in [0, 0.05) is 19.5 Å². The van der Waals surface area contributed by atoms with Gasteiger partial charge >= 0.3 is 13.7 Å². The second-order valence-electron chi connectivity index (χ2n) is 10.6. The van der Waals surface area contributed by atoms with E-state index in [0.717, 1.165) is 17.2 Å². The van der Waals surface area contributed by atoms with Crippen LogP contribution in [-0.4, -0.2) is 76.2 Å². The second kappa shape index (κ2) is 14.6. The van der Waals surface area contributed by atoms with Crippen molar-refractivity contribution < 1.29 is 27.9 Å². The largest absolute Gasteiger partial charge is 0.464 e. The molecule has 1 atom stereocenters. The highest BCUT2D eigenvalue weighted by molar-refractivity contribution is 7.52. The highest BCUT2D eigenvalue weighted by Crippen LogP contribution is 2.48. The molecule has 0 saturated carbocycles. The van der Waals surface area contributed by atoms with Gasteiger partial charge in [0.1, 0.15) is 18.0 Å². The van der Waals surface area contributed by atoms with Crippen LogP contribution >= 0.6 is 7.75 Å². The van der Waals surface area contributed by atoms with Gasteiger partial charge < -0.3 is 18.9 Å². The number of benzene rings is 2. The molecule has 0 amide bonds. The summed E-state index contributed by atoms with van der Waals surface area (Å²) in [5.41, 5.74) is -1.40. The molecule has 4 rings (SSSR count). The van der Waals surface area contributed by atoms with Gasteiger partial charge in [-0.3, -0.25) is 23.7 Å². The Morgan fingerprint density at radius 2 is 1.93 bits per heavy atom. The van der Waals surface area contributed by atoms with E-state index < -0.39 is 24.8 Å². The Labute approximate surface area is 255 Å². The monoisotopic (exact) mass is 627 g/mol. The lowest BCUT2D eigenvalue weighted by molar-refractivity contribution is -0.149. The Kier molecular flexibility index (Phi) is 10.9. The molecule has 1 unspecified atom stereocenters. The summed E-state index contributed by atoms with van der Waals surface area (Å²) in [6.45, 7) is 5.14. The number of fused-ring (bicyclic) bond motifs is 2. The number of aromatic amines is 1. The summed E-state index contributed by atoms with van der Waals surface area (Å²) in [6, 6.07) is 12.8. The highest BCUT2D eigenvalue weighted by Gasteiger charge is 2.40. The summed E-state index contributed by atoms with van der Waals surface area (Å²) in [7, 11) is -0.569. The maximum Gasteiger partial charge on any atom is 0.459 e. The number of esters is 1. The number of aliphatic imine (C=N–C) groups is 1. The average molecular weight is 628 g/mol. The maximum atomic E-state index is 14.1. The molecule has 236 valence electrons. The highest BCUT2D eigenvalue weighted by atomic mass is 31.2. The molecule has 0 saturated heterocycles. The van der Waals surface area contributed by atoms with E-state index >= 15 is 0 Å². The van der Waals surface area contributed by atoms with Crippen molar-refractivity contribution in [1.82, 2.24) is 29.5 Å². The van der Waals surface area contributed by atoms with Crippen molar-refractivity contribution in [2.24, 2.45) is 4.99 Å². The summed E-state index contributed by atoms with van der Waals surface area (Å²) in [6.07, 6.45) is 4.51. The van der Waals surface area contributed by atoms with Gasteiger partial charge in [-0.05, 0) is 31.7 Å². The summed E-state index contributed by atoms with van der Waals surface area (Å²) in [5.74, 6) is -0.144. The van der Waals surface area contributed by atoms with Crippen molar-refractivity contribution in [2.45, 2.75) is 45.9 Å². The molecular formula is C29H38N7O7P. The van der Waals surface area contributed by atoms with Gasteiger partial charge in [0.25, 0.3) is 5.56 Å². The van der Waals surface area contributed by atoms with Gasteiger partial charge in [0.2, 0.25) is 5.95 Å².